The largest absolute Gasteiger partial charge is 0.379 e. The Morgan fingerprint density at radius 1 is 1.38 bits per heavy atom. The van der Waals surface area contributed by atoms with Crippen LogP contribution in [0.15, 0.2) is 35.7 Å². The van der Waals surface area contributed by atoms with Crippen LogP contribution in [-0.4, -0.2) is 43.7 Å². The molecule has 24 heavy (non-hydrogen) atoms. The van der Waals surface area contributed by atoms with Crippen LogP contribution in [0.4, 0.5) is 4.39 Å². The molecule has 0 spiro atoms. The van der Waals surface area contributed by atoms with E-state index in [9.17, 15) is 9.18 Å². The molecule has 128 valence electrons. The van der Waals surface area contributed by atoms with Gasteiger partial charge in [-0.05, 0) is 29.6 Å². The van der Waals surface area contributed by atoms with Gasteiger partial charge in [0.15, 0.2) is 0 Å². The first-order chi connectivity index (χ1) is 11.6. The third kappa shape index (κ3) is 4.13. The number of hydrogen-bond donors (Lipinski definition) is 1. The van der Waals surface area contributed by atoms with Crippen molar-refractivity contribution in [3.05, 3.63) is 57.0 Å². The van der Waals surface area contributed by atoms with Gasteiger partial charge in [-0.2, -0.15) is 0 Å². The minimum atomic E-state index is -0.457. The lowest BCUT2D eigenvalue weighted by Gasteiger charge is -2.34. The summed E-state index contributed by atoms with van der Waals surface area (Å²) in [5, 5.41) is 5.07. The lowest BCUT2D eigenvalue weighted by Crippen LogP contribution is -2.43. The van der Waals surface area contributed by atoms with Crippen LogP contribution in [0.2, 0.25) is 5.02 Å². The number of carbonyl (C=O) groups is 1. The van der Waals surface area contributed by atoms with Crippen molar-refractivity contribution in [3.63, 3.8) is 0 Å². The van der Waals surface area contributed by atoms with E-state index >= 15 is 0 Å². The van der Waals surface area contributed by atoms with E-state index in [-0.39, 0.29) is 22.5 Å². The molecule has 4 nitrogen and oxygen atoms in total. The summed E-state index contributed by atoms with van der Waals surface area (Å²) in [5.74, 6) is -0.754. The number of nitrogens with zero attached hydrogens (tertiary/aromatic N) is 1. The van der Waals surface area contributed by atoms with Gasteiger partial charge in [-0.1, -0.05) is 17.7 Å². The minimum absolute atomic E-state index is 0.0945. The summed E-state index contributed by atoms with van der Waals surface area (Å²) in [5.41, 5.74) is 0.282. The third-order valence-electron chi connectivity index (χ3n) is 3.99. The molecule has 0 saturated carbocycles. The molecule has 0 unspecified atom stereocenters. The normalized spacial score (nSPS) is 16.8. The highest BCUT2D eigenvalue weighted by atomic mass is 35.5. The van der Waals surface area contributed by atoms with E-state index in [1.807, 2.05) is 11.4 Å². The molecule has 1 aromatic heterocycles. The topological polar surface area (TPSA) is 41.6 Å². The van der Waals surface area contributed by atoms with Crippen molar-refractivity contribution in [1.82, 2.24) is 10.2 Å². The Kier molecular flexibility index (Phi) is 5.84. The second-order valence-corrected chi connectivity index (χ2v) is 6.90. The smallest absolute Gasteiger partial charge is 0.252 e. The average molecular weight is 369 g/mol. The summed E-state index contributed by atoms with van der Waals surface area (Å²) in [6.45, 7) is 3.51. The number of thiophene rings is 1. The Labute approximate surface area is 149 Å². The molecule has 1 aromatic carbocycles. The van der Waals surface area contributed by atoms with Gasteiger partial charge in [-0.25, -0.2) is 4.39 Å². The maximum atomic E-state index is 13.1. The summed E-state index contributed by atoms with van der Waals surface area (Å²) in [7, 11) is 0. The number of hydrogen-bond acceptors (Lipinski definition) is 4. The molecule has 7 heteroatoms. The van der Waals surface area contributed by atoms with E-state index in [2.05, 4.69) is 16.3 Å². The van der Waals surface area contributed by atoms with Crippen molar-refractivity contribution in [2.75, 3.05) is 32.8 Å². The highest BCUT2D eigenvalue weighted by Crippen LogP contribution is 2.26. The van der Waals surface area contributed by atoms with Crippen molar-refractivity contribution in [3.8, 4) is 0 Å². The van der Waals surface area contributed by atoms with Gasteiger partial charge in [0.05, 0.1) is 29.8 Å². The van der Waals surface area contributed by atoms with Crippen LogP contribution in [0.25, 0.3) is 0 Å². The van der Waals surface area contributed by atoms with Crippen molar-refractivity contribution >= 4 is 28.8 Å². The Morgan fingerprint density at radius 3 is 2.83 bits per heavy atom. The van der Waals surface area contributed by atoms with Crippen LogP contribution in [0.5, 0.6) is 0 Å². The molecular formula is C17H18ClFN2O2S. The lowest BCUT2D eigenvalue weighted by molar-refractivity contribution is 0.0169. The molecule has 2 aromatic rings. The van der Waals surface area contributed by atoms with Crippen molar-refractivity contribution < 1.29 is 13.9 Å². The van der Waals surface area contributed by atoms with E-state index in [4.69, 9.17) is 16.3 Å². The first kappa shape index (κ1) is 17.4. The number of rotatable bonds is 5. The highest BCUT2D eigenvalue weighted by Gasteiger charge is 2.24. The fourth-order valence-electron chi connectivity index (χ4n) is 2.74. The Balaban J connectivity index is 1.70. The summed E-state index contributed by atoms with van der Waals surface area (Å²) in [6.07, 6.45) is 0. The molecular weight excluding hydrogens is 351 g/mol. The maximum Gasteiger partial charge on any atom is 0.252 e. The fourth-order valence-corrected chi connectivity index (χ4v) is 3.85. The highest BCUT2D eigenvalue weighted by molar-refractivity contribution is 7.10. The number of amides is 1. The molecule has 0 aliphatic carbocycles. The number of benzene rings is 1. The number of morpholine rings is 1. The number of halogens is 2. The van der Waals surface area contributed by atoms with E-state index in [0.29, 0.717) is 19.8 Å². The van der Waals surface area contributed by atoms with Gasteiger partial charge in [0.2, 0.25) is 0 Å². The Morgan fingerprint density at radius 2 is 2.17 bits per heavy atom. The Bertz CT molecular complexity index is 690. The molecule has 0 radical (unpaired) electrons. The van der Waals surface area contributed by atoms with Crippen LogP contribution < -0.4 is 5.32 Å². The second-order valence-electron chi connectivity index (χ2n) is 5.51. The van der Waals surface area contributed by atoms with Crippen molar-refractivity contribution in [1.29, 1.82) is 0 Å². The van der Waals surface area contributed by atoms with Gasteiger partial charge in [0.1, 0.15) is 5.82 Å². The van der Waals surface area contributed by atoms with E-state index in [1.54, 1.807) is 11.3 Å². The first-order valence-corrected chi connectivity index (χ1v) is 8.99. The molecule has 0 bridgehead atoms. The van der Waals surface area contributed by atoms with Crippen molar-refractivity contribution in [2.24, 2.45) is 0 Å². The number of ether oxygens (including phenoxy) is 1. The van der Waals surface area contributed by atoms with E-state index < -0.39 is 5.82 Å². The van der Waals surface area contributed by atoms with Gasteiger partial charge in [0, 0.05) is 24.5 Å². The quantitative estimate of drug-likeness (QED) is 0.880. The van der Waals surface area contributed by atoms with Crippen LogP contribution in [-0.2, 0) is 4.74 Å². The average Bonchev–Trinajstić information content (AvgIpc) is 3.10. The zero-order chi connectivity index (χ0) is 16.9. The molecule has 1 saturated heterocycles. The molecule has 2 heterocycles. The third-order valence-corrected chi connectivity index (χ3v) is 5.28. The van der Waals surface area contributed by atoms with Crippen LogP contribution in [0, 0.1) is 5.82 Å². The van der Waals surface area contributed by atoms with Crippen LogP contribution >= 0.6 is 22.9 Å². The maximum absolute atomic E-state index is 13.1. The zero-order valence-corrected chi connectivity index (χ0v) is 14.6. The van der Waals surface area contributed by atoms with Gasteiger partial charge in [0.25, 0.3) is 5.91 Å². The molecule has 1 amide bonds. The minimum Gasteiger partial charge on any atom is -0.379 e. The predicted molar refractivity (Wildman–Crippen MR) is 93.2 cm³/mol. The molecule has 3 rings (SSSR count). The van der Waals surface area contributed by atoms with Gasteiger partial charge in [-0.15, -0.1) is 11.3 Å². The first-order valence-electron chi connectivity index (χ1n) is 7.73. The summed E-state index contributed by atoms with van der Waals surface area (Å²) < 4.78 is 18.5. The van der Waals surface area contributed by atoms with Gasteiger partial charge < -0.3 is 10.1 Å². The zero-order valence-electron chi connectivity index (χ0n) is 13.0. The number of nitrogens with one attached hydrogen (secondary N) is 1. The molecule has 1 aliphatic rings. The molecule has 1 N–H and O–H groups in total. The standard InChI is InChI=1S/C17H18ClFN2O2S/c18-14-10-12(19)3-4-13(14)17(22)20-11-15(16-2-1-9-24-16)21-5-7-23-8-6-21/h1-4,9-10,15H,5-8,11H2,(H,20,22)/t15-/m1/s1. The number of carbonyl (C=O) groups excluding carboxylic acids is 1. The van der Waals surface area contributed by atoms with Crippen molar-refractivity contribution in [2.45, 2.75) is 6.04 Å². The van der Waals surface area contributed by atoms with E-state index in [1.165, 1.54) is 17.0 Å². The molecule has 1 aliphatic heterocycles. The lowest BCUT2D eigenvalue weighted by atomic mass is 10.1. The van der Waals surface area contributed by atoms with Gasteiger partial charge in [-0.3, -0.25) is 9.69 Å². The predicted octanol–water partition coefficient (Wildman–Crippen LogP) is 3.34. The van der Waals surface area contributed by atoms with Gasteiger partial charge >= 0.3 is 0 Å². The van der Waals surface area contributed by atoms with E-state index in [0.717, 1.165) is 19.2 Å². The van der Waals surface area contributed by atoms with Crippen LogP contribution in [0.1, 0.15) is 21.3 Å². The SMILES string of the molecule is O=C(NC[C@H](c1cccs1)N1CCOCC1)c1ccc(F)cc1Cl. The molecule has 1 atom stereocenters. The summed E-state index contributed by atoms with van der Waals surface area (Å²) in [4.78, 5) is 15.9. The summed E-state index contributed by atoms with van der Waals surface area (Å²) in [6, 6.07) is 7.96. The second kappa shape index (κ2) is 8.07. The Hall–Kier alpha value is -1.47. The molecule has 1 fully saturated rings. The fraction of sp³-hybridized carbons (Fsp3) is 0.353. The van der Waals surface area contributed by atoms with Crippen LogP contribution in [0.3, 0.4) is 0 Å². The summed E-state index contributed by atoms with van der Waals surface area (Å²) >= 11 is 7.63. The monoisotopic (exact) mass is 368 g/mol.